The van der Waals surface area contributed by atoms with Gasteiger partial charge in [0.2, 0.25) is 0 Å². The molecular weight excluding hydrogens is 307 g/mol. The first-order valence-corrected chi connectivity index (χ1v) is 8.50. The number of benzene rings is 1. The van der Waals surface area contributed by atoms with Crippen molar-refractivity contribution in [2.75, 3.05) is 5.75 Å². The van der Waals surface area contributed by atoms with Gasteiger partial charge in [-0.25, -0.2) is 0 Å². The van der Waals surface area contributed by atoms with Crippen molar-refractivity contribution in [3.05, 3.63) is 33.8 Å². The molecule has 1 aromatic carbocycles. The highest BCUT2D eigenvalue weighted by molar-refractivity contribution is 8.08. The van der Waals surface area contributed by atoms with Gasteiger partial charge < -0.3 is 0 Å². The van der Waals surface area contributed by atoms with Gasteiger partial charge in [0.1, 0.15) is 0 Å². The molecule has 0 aromatic heterocycles. The minimum Gasteiger partial charge on any atom is -0.293 e. The van der Waals surface area contributed by atoms with Crippen LogP contribution >= 0.6 is 46.7 Å². The number of carbonyl (C=O) groups is 1. The maximum atomic E-state index is 12.4. The molecule has 3 unspecified atom stereocenters. The zero-order chi connectivity index (χ0) is 13.3. The predicted octanol–water partition coefficient (Wildman–Crippen LogP) is 4.80. The molecule has 18 heavy (non-hydrogen) atoms. The molecule has 0 bridgehead atoms. The zero-order valence-corrected chi connectivity index (χ0v) is 13.3. The summed E-state index contributed by atoms with van der Waals surface area (Å²) in [7, 11) is 0. The molecular formula is C13H14Cl2OS2. The first-order valence-electron chi connectivity index (χ1n) is 5.75. The lowest BCUT2D eigenvalue weighted by Crippen LogP contribution is -2.31. The Bertz CT molecular complexity index is 464. The van der Waals surface area contributed by atoms with E-state index in [0.29, 0.717) is 26.1 Å². The number of rotatable bonds is 2. The van der Waals surface area contributed by atoms with Gasteiger partial charge in [-0.2, -0.15) is 11.8 Å². The molecule has 1 nitrogen and oxygen atoms in total. The van der Waals surface area contributed by atoms with Gasteiger partial charge >= 0.3 is 0 Å². The molecule has 1 heterocycles. The van der Waals surface area contributed by atoms with Gasteiger partial charge in [0.05, 0.1) is 10.3 Å². The lowest BCUT2D eigenvalue weighted by Gasteiger charge is -2.30. The number of thioether (sulfide) groups is 2. The van der Waals surface area contributed by atoms with Gasteiger partial charge in [-0.3, -0.25) is 4.79 Å². The van der Waals surface area contributed by atoms with E-state index >= 15 is 0 Å². The largest absolute Gasteiger partial charge is 0.293 e. The van der Waals surface area contributed by atoms with E-state index in [1.165, 1.54) is 0 Å². The van der Waals surface area contributed by atoms with Crippen LogP contribution in [-0.2, 0) is 0 Å². The van der Waals surface area contributed by atoms with Crippen molar-refractivity contribution in [3.8, 4) is 0 Å². The van der Waals surface area contributed by atoms with E-state index in [2.05, 4.69) is 13.8 Å². The molecule has 0 spiro atoms. The quantitative estimate of drug-likeness (QED) is 0.728. The molecule has 0 saturated carbocycles. The molecule has 3 atom stereocenters. The van der Waals surface area contributed by atoms with Crippen LogP contribution in [0.4, 0.5) is 0 Å². The van der Waals surface area contributed by atoms with Crippen LogP contribution in [0.25, 0.3) is 0 Å². The van der Waals surface area contributed by atoms with Crippen molar-refractivity contribution >= 4 is 52.5 Å². The number of hydrogen-bond acceptors (Lipinski definition) is 3. The lowest BCUT2D eigenvalue weighted by atomic mass is 10.1. The van der Waals surface area contributed by atoms with E-state index in [4.69, 9.17) is 23.2 Å². The third kappa shape index (κ3) is 3.19. The zero-order valence-electron chi connectivity index (χ0n) is 10.2. The van der Waals surface area contributed by atoms with Gasteiger partial charge in [-0.05, 0) is 18.2 Å². The number of hydrogen-bond donors (Lipinski definition) is 0. The van der Waals surface area contributed by atoms with Crippen molar-refractivity contribution in [1.82, 2.24) is 0 Å². The first-order chi connectivity index (χ1) is 8.49. The fourth-order valence-corrected chi connectivity index (χ4v) is 5.15. The maximum absolute atomic E-state index is 12.4. The van der Waals surface area contributed by atoms with Crippen molar-refractivity contribution in [2.24, 2.45) is 0 Å². The van der Waals surface area contributed by atoms with Gasteiger partial charge in [-0.1, -0.05) is 37.0 Å². The topological polar surface area (TPSA) is 17.1 Å². The summed E-state index contributed by atoms with van der Waals surface area (Å²) in [5, 5.41) is 2.09. The Kier molecular flexibility index (Phi) is 4.92. The van der Waals surface area contributed by atoms with E-state index in [9.17, 15) is 4.79 Å². The van der Waals surface area contributed by atoms with E-state index in [0.717, 1.165) is 5.75 Å². The van der Waals surface area contributed by atoms with Crippen molar-refractivity contribution in [2.45, 2.75) is 29.6 Å². The van der Waals surface area contributed by atoms with Crippen LogP contribution in [0.15, 0.2) is 18.2 Å². The third-order valence-electron chi connectivity index (χ3n) is 3.04. The molecule has 1 aliphatic heterocycles. The first kappa shape index (κ1) is 14.6. The number of Topliss-reactive ketones (excluding diaryl/α,β-unsaturated/α-hetero) is 1. The molecule has 0 N–H and O–H groups in total. The Morgan fingerprint density at radius 3 is 2.61 bits per heavy atom. The molecule has 1 saturated heterocycles. The SMILES string of the molecule is CC1SCC(C(=O)c2ccc(Cl)cc2Cl)SC1C. The molecule has 5 heteroatoms. The Morgan fingerprint density at radius 2 is 2.00 bits per heavy atom. The van der Waals surface area contributed by atoms with E-state index in [1.54, 1.807) is 30.0 Å². The second-order valence-corrected chi connectivity index (χ2v) is 8.20. The van der Waals surface area contributed by atoms with Crippen molar-refractivity contribution < 1.29 is 4.79 Å². The highest BCUT2D eigenvalue weighted by Gasteiger charge is 2.31. The van der Waals surface area contributed by atoms with Crippen LogP contribution in [0.3, 0.4) is 0 Å². The van der Waals surface area contributed by atoms with Gasteiger partial charge in [0.25, 0.3) is 0 Å². The molecule has 0 radical (unpaired) electrons. The molecule has 1 fully saturated rings. The average molecular weight is 321 g/mol. The number of carbonyl (C=O) groups excluding carboxylic acids is 1. The molecule has 1 aliphatic rings. The standard InChI is InChI=1S/C13H14Cl2OS2/c1-7-8(2)18-12(6-17-7)13(16)10-4-3-9(14)5-11(10)15/h3-5,7-8,12H,6H2,1-2H3. The lowest BCUT2D eigenvalue weighted by molar-refractivity contribution is 0.0995. The normalized spacial score (nSPS) is 28.1. The monoisotopic (exact) mass is 320 g/mol. The van der Waals surface area contributed by atoms with Crippen molar-refractivity contribution in [1.29, 1.82) is 0 Å². The average Bonchev–Trinajstić information content (AvgIpc) is 2.32. The van der Waals surface area contributed by atoms with Crippen LogP contribution in [-0.4, -0.2) is 27.3 Å². The van der Waals surface area contributed by atoms with Gasteiger partial charge in [-0.15, -0.1) is 11.8 Å². The summed E-state index contributed by atoms with van der Waals surface area (Å²) >= 11 is 15.5. The third-order valence-corrected chi connectivity index (χ3v) is 6.98. The second-order valence-electron chi connectivity index (χ2n) is 4.36. The molecule has 0 aliphatic carbocycles. The summed E-state index contributed by atoms with van der Waals surface area (Å²) in [4.78, 5) is 12.4. The smallest absolute Gasteiger partial charge is 0.178 e. The Hall–Kier alpha value is 0.170. The summed E-state index contributed by atoms with van der Waals surface area (Å²) in [6.07, 6.45) is 0. The predicted molar refractivity (Wildman–Crippen MR) is 83.6 cm³/mol. The molecule has 0 amide bonds. The van der Waals surface area contributed by atoms with Gasteiger partial charge in [0.15, 0.2) is 5.78 Å². The van der Waals surface area contributed by atoms with Gasteiger partial charge in [0, 0.05) is 26.8 Å². The molecule has 98 valence electrons. The Morgan fingerprint density at radius 1 is 1.28 bits per heavy atom. The fraction of sp³-hybridized carbons (Fsp3) is 0.462. The summed E-state index contributed by atoms with van der Waals surface area (Å²) in [6, 6.07) is 5.07. The molecule has 2 rings (SSSR count). The van der Waals surface area contributed by atoms with E-state index < -0.39 is 0 Å². The Labute approximate surface area is 126 Å². The minimum atomic E-state index is -0.000115. The Balaban J connectivity index is 2.16. The molecule has 1 aromatic rings. The number of ketones is 1. The van der Waals surface area contributed by atoms with Crippen LogP contribution in [0.2, 0.25) is 10.0 Å². The number of halogens is 2. The summed E-state index contributed by atoms with van der Waals surface area (Å²) in [5.41, 5.74) is 0.584. The van der Waals surface area contributed by atoms with Crippen LogP contribution in [0, 0.1) is 0 Å². The summed E-state index contributed by atoms with van der Waals surface area (Å²) < 4.78 is 0. The van der Waals surface area contributed by atoms with Crippen LogP contribution in [0.5, 0.6) is 0 Å². The highest BCUT2D eigenvalue weighted by Crippen LogP contribution is 2.37. The van der Waals surface area contributed by atoms with Crippen LogP contribution in [0.1, 0.15) is 24.2 Å². The van der Waals surface area contributed by atoms with E-state index in [-0.39, 0.29) is 11.0 Å². The van der Waals surface area contributed by atoms with E-state index in [1.807, 2.05) is 11.8 Å². The maximum Gasteiger partial charge on any atom is 0.178 e. The highest BCUT2D eigenvalue weighted by atomic mass is 35.5. The summed E-state index contributed by atoms with van der Waals surface area (Å²) in [6.45, 7) is 4.38. The fourth-order valence-electron chi connectivity index (χ4n) is 1.78. The summed E-state index contributed by atoms with van der Waals surface area (Å²) in [5.74, 6) is 0.974. The van der Waals surface area contributed by atoms with Crippen LogP contribution < -0.4 is 0 Å². The second kappa shape index (κ2) is 6.08. The minimum absolute atomic E-state index is 0.000115. The van der Waals surface area contributed by atoms with Crippen molar-refractivity contribution in [3.63, 3.8) is 0 Å².